The van der Waals surface area contributed by atoms with Gasteiger partial charge in [0.25, 0.3) is 0 Å². The quantitative estimate of drug-likeness (QED) is 0.856. The number of hydrogen-bond acceptors (Lipinski definition) is 3. The Kier molecular flexibility index (Phi) is 4.32. The van der Waals surface area contributed by atoms with Gasteiger partial charge in [-0.2, -0.15) is 0 Å². The van der Waals surface area contributed by atoms with E-state index in [0.717, 1.165) is 6.42 Å². The minimum absolute atomic E-state index is 0.278. The highest BCUT2D eigenvalue weighted by Gasteiger charge is 2.16. The van der Waals surface area contributed by atoms with Gasteiger partial charge in [0.15, 0.2) is 0 Å². The lowest BCUT2D eigenvalue weighted by molar-refractivity contribution is 0.413. The topological polar surface area (TPSA) is 55.4 Å². The summed E-state index contributed by atoms with van der Waals surface area (Å²) in [7, 11) is -1.90. The van der Waals surface area contributed by atoms with Crippen molar-refractivity contribution in [3.8, 4) is 5.75 Å². The Bertz CT molecular complexity index is 454. The molecule has 1 aromatic carbocycles. The number of hydrogen-bond donors (Lipinski definition) is 1. The predicted molar refractivity (Wildman–Crippen MR) is 63.2 cm³/mol. The van der Waals surface area contributed by atoms with Crippen LogP contribution in [0.5, 0.6) is 5.75 Å². The molecule has 5 heteroatoms. The van der Waals surface area contributed by atoms with Gasteiger partial charge in [-0.15, -0.1) is 0 Å². The van der Waals surface area contributed by atoms with Crippen LogP contribution in [-0.2, 0) is 10.0 Å². The molecule has 0 spiro atoms. The summed E-state index contributed by atoms with van der Waals surface area (Å²) in [5.74, 6) is 0.544. The molecule has 0 bridgehead atoms. The van der Waals surface area contributed by atoms with E-state index in [0.29, 0.717) is 17.9 Å². The van der Waals surface area contributed by atoms with Crippen LogP contribution in [0, 0.1) is 6.92 Å². The molecule has 0 amide bonds. The van der Waals surface area contributed by atoms with Crippen molar-refractivity contribution >= 4 is 10.0 Å². The fourth-order valence-electron chi connectivity index (χ4n) is 1.31. The van der Waals surface area contributed by atoms with Crippen molar-refractivity contribution in [3.05, 3.63) is 23.8 Å². The second-order valence-corrected chi connectivity index (χ2v) is 5.26. The fourth-order valence-corrected chi connectivity index (χ4v) is 2.70. The Labute approximate surface area is 96.7 Å². The van der Waals surface area contributed by atoms with Crippen LogP contribution >= 0.6 is 0 Å². The summed E-state index contributed by atoms with van der Waals surface area (Å²) in [5, 5.41) is 0. The van der Waals surface area contributed by atoms with E-state index in [2.05, 4.69) is 4.72 Å². The molecule has 90 valence electrons. The highest BCUT2D eigenvalue weighted by Crippen LogP contribution is 2.21. The monoisotopic (exact) mass is 243 g/mol. The molecule has 0 atom stereocenters. The SMILES string of the molecule is CCCNS(=O)(=O)c1cc(OC)ccc1C. The Hall–Kier alpha value is -1.07. The summed E-state index contributed by atoms with van der Waals surface area (Å²) in [6.07, 6.45) is 0.766. The molecule has 4 nitrogen and oxygen atoms in total. The van der Waals surface area contributed by atoms with E-state index in [1.807, 2.05) is 6.92 Å². The molecular formula is C11H17NO3S. The predicted octanol–water partition coefficient (Wildman–Crippen LogP) is 1.69. The van der Waals surface area contributed by atoms with Crippen molar-refractivity contribution < 1.29 is 13.2 Å². The lowest BCUT2D eigenvalue weighted by Crippen LogP contribution is -2.25. The van der Waals surface area contributed by atoms with Crippen molar-refractivity contribution in [1.82, 2.24) is 4.72 Å². The number of aryl methyl sites for hydroxylation is 1. The third-order valence-electron chi connectivity index (χ3n) is 2.23. The van der Waals surface area contributed by atoms with Crippen molar-refractivity contribution in [2.75, 3.05) is 13.7 Å². The zero-order valence-electron chi connectivity index (χ0n) is 9.78. The van der Waals surface area contributed by atoms with Crippen molar-refractivity contribution in [2.45, 2.75) is 25.2 Å². The molecule has 0 aromatic heterocycles. The number of ether oxygens (including phenoxy) is 1. The van der Waals surface area contributed by atoms with E-state index in [-0.39, 0.29) is 4.90 Å². The van der Waals surface area contributed by atoms with Gasteiger partial charge >= 0.3 is 0 Å². The number of benzene rings is 1. The van der Waals surface area contributed by atoms with E-state index in [4.69, 9.17) is 4.74 Å². The van der Waals surface area contributed by atoms with E-state index >= 15 is 0 Å². The molecule has 16 heavy (non-hydrogen) atoms. The molecular weight excluding hydrogens is 226 g/mol. The third-order valence-corrected chi connectivity index (χ3v) is 3.83. The molecule has 0 saturated heterocycles. The summed E-state index contributed by atoms with van der Waals surface area (Å²) in [6.45, 7) is 4.12. The highest BCUT2D eigenvalue weighted by atomic mass is 32.2. The maximum atomic E-state index is 11.9. The maximum absolute atomic E-state index is 11.9. The zero-order valence-corrected chi connectivity index (χ0v) is 10.6. The lowest BCUT2D eigenvalue weighted by atomic mass is 10.2. The Morgan fingerprint density at radius 1 is 1.38 bits per heavy atom. The molecule has 0 aliphatic carbocycles. The fraction of sp³-hybridized carbons (Fsp3) is 0.455. The second kappa shape index (κ2) is 5.32. The Balaban J connectivity index is 3.11. The van der Waals surface area contributed by atoms with Crippen LogP contribution in [0.4, 0.5) is 0 Å². The first kappa shape index (κ1) is 13.0. The van der Waals surface area contributed by atoms with Gasteiger partial charge < -0.3 is 4.74 Å². The number of sulfonamides is 1. The van der Waals surface area contributed by atoms with Gasteiger partial charge in [0.05, 0.1) is 12.0 Å². The first-order valence-electron chi connectivity index (χ1n) is 5.15. The first-order chi connectivity index (χ1) is 7.51. The number of methoxy groups -OCH3 is 1. The average molecular weight is 243 g/mol. The van der Waals surface area contributed by atoms with Crippen LogP contribution < -0.4 is 9.46 Å². The van der Waals surface area contributed by atoms with Crippen molar-refractivity contribution in [2.24, 2.45) is 0 Å². The first-order valence-corrected chi connectivity index (χ1v) is 6.64. The molecule has 1 N–H and O–H groups in total. The molecule has 0 radical (unpaired) electrons. The van der Waals surface area contributed by atoms with Crippen LogP contribution in [0.3, 0.4) is 0 Å². The van der Waals surface area contributed by atoms with Crippen LogP contribution in [0.2, 0.25) is 0 Å². The van der Waals surface area contributed by atoms with Gasteiger partial charge in [0, 0.05) is 12.6 Å². The minimum Gasteiger partial charge on any atom is -0.497 e. The summed E-state index contributed by atoms with van der Waals surface area (Å²) >= 11 is 0. The van der Waals surface area contributed by atoms with E-state index in [1.165, 1.54) is 13.2 Å². The molecule has 0 aliphatic heterocycles. The standard InChI is InChI=1S/C11H17NO3S/c1-4-7-12-16(13,14)11-8-10(15-3)6-5-9(11)2/h5-6,8,12H,4,7H2,1-3H3. The normalized spacial score (nSPS) is 11.4. The van der Waals surface area contributed by atoms with Crippen LogP contribution in [0.1, 0.15) is 18.9 Å². The molecule has 0 fully saturated rings. The van der Waals surface area contributed by atoms with E-state index in [9.17, 15) is 8.42 Å². The molecule has 0 unspecified atom stereocenters. The molecule has 0 saturated carbocycles. The summed E-state index contributed by atoms with van der Waals surface area (Å²) in [6, 6.07) is 5.01. The van der Waals surface area contributed by atoms with Crippen molar-refractivity contribution in [1.29, 1.82) is 0 Å². The van der Waals surface area contributed by atoms with Gasteiger partial charge in [-0.05, 0) is 25.0 Å². The second-order valence-electron chi connectivity index (χ2n) is 3.53. The molecule has 0 heterocycles. The van der Waals surface area contributed by atoms with Crippen molar-refractivity contribution in [3.63, 3.8) is 0 Å². The van der Waals surface area contributed by atoms with E-state index in [1.54, 1.807) is 19.1 Å². The summed E-state index contributed by atoms with van der Waals surface area (Å²) < 4.78 is 31.4. The van der Waals surface area contributed by atoms with E-state index < -0.39 is 10.0 Å². The molecule has 0 aliphatic rings. The molecule has 1 rings (SSSR count). The minimum atomic E-state index is -3.42. The zero-order chi connectivity index (χ0) is 12.2. The average Bonchev–Trinajstić information content (AvgIpc) is 2.27. The van der Waals surface area contributed by atoms with Crippen LogP contribution in [0.25, 0.3) is 0 Å². The number of rotatable bonds is 5. The van der Waals surface area contributed by atoms with Gasteiger partial charge in [0.1, 0.15) is 5.75 Å². The van der Waals surface area contributed by atoms with Gasteiger partial charge in [-0.25, -0.2) is 13.1 Å². The smallest absolute Gasteiger partial charge is 0.240 e. The van der Waals surface area contributed by atoms with Crippen LogP contribution in [-0.4, -0.2) is 22.1 Å². The summed E-state index contributed by atoms with van der Waals surface area (Å²) in [4.78, 5) is 0.278. The molecule has 1 aromatic rings. The third kappa shape index (κ3) is 2.96. The lowest BCUT2D eigenvalue weighted by Gasteiger charge is -2.10. The number of nitrogens with one attached hydrogen (secondary N) is 1. The van der Waals surface area contributed by atoms with Gasteiger partial charge in [0.2, 0.25) is 10.0 Å². The van der Waals surface area contributed by atoms with Crippen LogP contribution in [0.15, 0.2) is 23.1 Å². The Morgan fingerprint density at radius 2 is 2.06 bits per heavy atom. The maximum Gasteiger partial charge on any atom is 0.240 e. The summed E-state index contributed by atoms with van der Waals surface area (Å²) in [5.41, 5.74) is 0.712. The highest BCUT2D eigenvalue weighted by molar-refractivity contribution is 7.89. The van der Waals surface area contributed by atoms with Gasteiger partial charge in [-0.3, -0.25) is 0 Å². The van der Waals surface area contributed by atoms with Gasteiger partial charge in [-0.1, -0.05) is 13.0 Å². The largest absolute Gasteiger partial charge is 0.497 e. The Morgan fingerprint density at radius 3 is 2.62 bits per heavy atom.